The molecule has 0 radical (unpaired) electrons. The molecule has 33 heavy (non-hydrogen) atoms. The largest absolute Gasteiger partial charge is 0.496 e. The second kappa shape index (κ2) is 10.7. The molecule has 7 nitrogen and oxygen atoms in total. The second-order valence-corrected chi connectivity index (χ2v) is 9.90. The van der Waals surface area contributed by atoms with Gasteiger partial charge in [0.15, 0.2) is 0 Å². The van der Waals surface area contributed by atoms with Crippen LogP contribution in [-0.4, -0.2) is 59.0 Å². The molecule has 0 bridgehead atoms. The molecule has 8 heteroatoms. The Morgan fingerprint density at radius 2 is 1.73 bits per heavy atom. The van der Waals surface area contributed by atoms with Gasteiger partial charge in [0, 0.05) is 62.8 Å². The van der Waals surface area contributed by atoms with Crippen LogP contribution in [0.3, 0.4) is 0 Å². The van der Waals surface area contributed by atoms with E-state index in [1.165, 1.54) is 37.8 Å². The minimum Gasteiger partial charge on any atom is -0.496 e. The Morgan fingerprint density at radius 3 is 2.55 bits per heavy atom. The van der Waals surface area contributed by atoms with E-state index in [0.29, 0.717) is 0 Å². The van der Waals surface area contributed by atoms with Crippen LogP contribution in [0.25, 0.3) is 5.13 Å². The number of para-hydroxylation sites is 1. The van der Waals surface area contributed by atoms with Crippen molar-refractivity contribution in [1.29, 1.82) is 0 Å². The zero-order chi connectivity index (χ0) is 22.5. The lowest BCUT2D eigenvalue weighted by molar-refractivity contribution is 0.148. The summed E-state index contributed by atoms with van der Waals surface area (Å²) in [6.07, 6.45) is 9.05. The van der Waals surface area contributed by atoms with Crippen LogP contribution in [0, 0.1) is 0 Å². The van der Waals surface area contributed by atoms with E-state index in [1.807, 2.05) is 18.2 Å². The van der Waals surface area contributed by atoms with Gasteiger partial charge in [-0.3, -0.25) is 9.47 Å². The summed E-state index contributed by atoms with van der Waals surface area (Å²) in [6, 6.07) is 13.1. The molecule has 2 aromatic heterocycles. The molecule has 1 saturated carbocycles. The van der Waals surface area contributed by atoms with Crippen LogP contribution in [0.5, 0.6) is 5.75 Å². The average Bonchev–Trinajstić information content (AvgIpc) is 3.55. The van der Waals surface area contributed by atoms with Crippen molar-refractivity contribution in [2.45, 2.75) is 51.2 Å². The number of benzene rings is 1. The number of ether oxygens (including phenoxy) is 1. The lowest BCUT2D eigenvalue weighted by Gasteiger charge is -2.40. The van der Waals surface area contributed by atoms with Crippen molar-refractivity contribution in [3.8, 4) is 10.9 Å². The summed E-state index contributed by atoms with van der Waals surface area (Å²) < 4.78 is 7.61. The first-order valence-corrected chi connectivity index (χ1v) is 12.9. The number of hydrogen-bond acceptors (Lipinski definition) is 7. The maximum Gasteiger partial charge on any atom is 0.218 e. The molecule has 0 amide bonds. The van der Waals surface area contributed by atoms with Crippen LogP contribution in [0.15, 0.2) is 42.6 Å². The Balaban J connectivity index is 1.17. The molecule has 1 aliphatic carbocycles. The van der Waals surface area contributed by atoms with Crippen LogP contribution >= 0.6 is 11.3 Å². The Morgan fingerprint density at radius 1 is 0.939 bits per heavy atom. The van der Waals surface area contributed by atoms with Crippen molar-refractivity contribution in [3.63, 3.8) is 0 Å². The van der Waals surface area contributed by atoms with E-state index in [9.17, 15) is 0 Å². The van der Waals surface area contributed by atoms with Gasteiger partial charge in [-0.2, -0.15) is 0 Å². The van der Waals surface area contributed by atoms with Crippen LogP contribution in [0.4, 0.5) is 5.13 Å². The Labute approximate surface area is 200 Å². The Bertz CT molecular complexity index is 1020. The molecule has 1 saturated heterocycles. The van der Waals surface area contributed by atoms with Crippen molar-refractivity contribution in [3.05, 3.63) is 53.9 Å². The quantitative estimate of drug-likeness (QED) is 0.540. The molecule has 1 aliphatic heterocycles. The van der Waals surface area contributed by atoms with Gasteiger partial charge >= 0.3 is 0 Å². The van der Waals surface area contributed by atoms with Gasteiger partial charge in [0.25, 0.3) is 0 Å². The number of piperazine rings is 1. The summed E-state index contributed by atoms with van der Waals surface area (Å²) in [5, 5.41) is 14.6. The summed E-state index contributed by atoms with van der Waals surface area (Å²) in [7, 11) is 1.72. The van der Waals surface area contributed by atoms with Gasteiger partial charge in [-0.25, -0.2) is 0 Å². The predicted molar refractivity (Wildman–Crippen MR) is 133 cm³/mol. The molecular weight excluding hydrogens is 432 g/mol. The van der Waals surface area contributed by atoms with Crippen molar-refractivity contribution in [2.24, 2.45) is 0 Å². The molecule has 0 unspecified atom stereocenters. The number of nitrogens with zero attached hydrogens (tertiary/aromatic N) is 5. The highest BCUT2D eigenvalue weighted by atomic mass is 32.1. The van der Waals surface area contributed by atoms with E-state index >= 15 is 0 Å². The zero-order valence-electron chi connectivity index (χ0n) is 19.4. The molecule has 2 aliphatic rings. The monoisotopic (exact) mass is 466 g/mol. The van der Waals surface area contributed by atoms with Gasteiger partial charge in [-0.15, -0.1) is 10.2 Å². The summed E-state index contributed by atoms with van der Waals surface area (Å²) in [5.41, 5.74) is 2.33. The highest BCUT2D eigenvalue weighted by molar-refractivity contribution is 7.17. The average molecular weight is 467 g/mol. The minimum absolute atomic E-state index is 0.750. The highest BCUT2D eigenvalue weighted by Crippen LogP contribution is 2.28. The number of nitrogens with one attached hydrogen (secondary N) is 1. The highest BCUT2D eigenvalue weighted by Gasteiger charge is 2.26. The van der Waals surface area contributed by atoms with Crippen molar-refractivity contribution < 1.29 is 4.74 Å². The summed E-state index contributed by atoms with van der Waals surface area (Å²) >= 11 is 1.68. The lowest BCUT2D eigenvalue weighted by atomic mass is 9.94. The van der Waals surface area contributed by atoms with Crippen molar-refractivity contribution in [2.75, 3.05) is 38.2 Å². The summed E-state index contributed by atoms with van der Waals surface area (Å²) in [4.78, 5) is 5.11. The topological polar surface area (TPSA) is 58.5 Å². The third-order valence-corrected chi connectivity index (χ3v) is 7.92. The van der Waals surface area contributed by atoms with Crippen LogP contribution in [-0.2, 0) is 13.1 Å². The first-order valence-electron chi connectivity index (χ1n) is 12.1. The number of rotatable bonds is 8. The molecule has 0 spiro atoms. The third-order valence-electron chi connectivity index (χ3n) is 6.93. The molecule has 1 N–H and O–H groups in total. The van der Waals surface area contributed by atoms with Crippen LogP contribution < -0.4 is 15.0 Å². The first kappa shape index (κ1) is 22.4. The molecule has 0 atom stereocenters. The predicted octanol–water partition coefficient (Wildman–Crippen LogP) is 4.08. The van der Waals surface area contributed by atoms with E-state index in [1.54, 1.807) is 18.4 Å². The van der Waals surface area contributed by atoms with E-state index < -0.39 is 0 Å². The summed E-state index contributed by atoms with van der Waals surface area (Å²) in [6.45, 7) is 5.87. The zero-order valence-corrected chi connectivity index (χ0v) is 20.3. The number of anilines is 1. The standard InChI is InChI=1S/C25H34N6OS/c1-32-23-12-6-5-8-20(23)18-26-19-22-11-7-13-31(22)25-28-27-24(33-25)30-16-14-29(15-17-30)21-9-3-2-4-10-21/h5-8,11-13,21,26H,2-4,9-10,14-19H2,1H3. The fourth-order valence-electron chi connectivity index (χ4n) is 5.08. The second-order valence-electron chi connectivity index (χ2n) is 8.97. The normalized spacial score (nSPS) is 18.0. The van der Waals surface area contributed by atoms with E-state index in [0.717, 1.165) is 66.9 Å². The van der Waals surface area contributed by atoms with E-state index in [4.69, 9.17) is 4.74 Å². The van der Waals surface area contributed by atoms with Gasteiger partial charge < -0.3 is 15.0 Å². The Hall–Kier alpha value is -2.42. The molecule has 1 aromatic carbocycles. The number of methoxy groups -OCH3 is 1. The minimum atomic E-state index is 0.750. The molecule has 3 heterocycles. The summed E-state index contributed by atoms with van der Waals surface area (Å²) in [5.74, 6) is 0.915. The number of hydrogen-bond donors (Lipinski definition) is 1. The Kier molecular flexibility index (Phi) is 7.24. The van der Waals surface area contributed by atoms with Gasteiger partial charge in [0.1, 0.15) is 5.75 Å². The fourth-order valence-corrected chi connectivity index (χ4v) is 5.99. The molecule has 2 fully saturated rings. The van der Waals surface area contributed by atoms with Crippen LogP contribution in [0.1, 0.15) is 43.4 Å². The SMILES string of the molecule is COc1ccccc1CNCc1cccn1-c1nnc(N2CCN(C3CCCCC3)CC2)s1. The maximum atomic E-state index is 5.46. The lowest BCUT2D eigenvalue weighted by Crippen LogP contribution is -2.50. The van der Waals surface area contributed by atoms with Gasteiger partial charge in [-0.05, 0) is 31.0 Å². The molecule has 176 valence electrons. The van der Waals surface area contributed by atoms with Gasteiger partial charge in [-0.1, -0.05) is 48.8 Å². The van der Waals surface area contributed by atoms with Crippen molar-refractivity contribution >= 4 is 16.5 Å². The smallest absolute Gasteiger partial charge is 0.218 e. The van der Waals surface area contributed by atoms with Crippen molar-refractivity contribution in [1.82, 2.24) is 25.0 Å². The van der Waals surface area contributed by atoms with Gasteiger partial charge in [0.2, 0.25) is 10.3 Å². The third kappa shape index (κ3) is 5.23. The fraction of sp³-hybridized carbons (Fsp3) is 0.520. The molecule has 3 aromatic rings. The van der Waals surface area contributed by atoms with Crippen LogP contribution in [0.2, 0.25) is 0 Å². The van der Waals surface area contributed by atoms with E-state index in [2.05, 4.69) is 54.3 Å². The molecular formula is C25H34N6OS. The first-order chi connectivity index (χ1) is 16.3. The van der Waals surface area contributed by atoms with E-state index in [-0.39, 0.29) is 0 Å². The maximum absolute atomic E-state index is 5.46. The van der Waals surface area contributed by atoms with Gasteiger partial charge in [0.05, 0.1) is 7.11 Å². The number of aromatic nitrogens is 3. The molecule has 5 rings (SSSR count).